The van der Waals surface area contributed by atoms with E-state index in [1.165, 1.54) is 6.07 Å². The molecule has 0 aliphatic heterocycles. The number of fused-ring (bicyclic) bond motifs is 1. The molecule has 0 aliphatic rings. The molecular formula is C22H18N2O3. The number of nitrogens with one attached hydrogen (secondary N) is 1. The Labute approximate surface area is 156 Å². The maximum atomic E-state index is 11.2. The normalized spacial score (nSPS) is 10.9. The number of rotatable bonds is 4. The summed E-state index contributed by atoms with van der Waals surface area (Å²) in [5, 5.41) is 12.3. The lowest BCUT2D eigenvalue weighted by Gasteiger charge is -2.07. The van der Waals surface area contributed by atoms with Crippen molar-refractivity contribution in [2.45, 2.75) is 6.92 Å². The van der Waals surface area contributed by atoms with E-state index in [1.807, 2.05) is 49.4 Å². The maximum Gasteiger partial charge on any atom is 0.270 e. The third-order valence-corrected chi connectivity index (χ3v) is 4.68. The Balaban J connectivity index is 2.00. The first kappa shape index (κ1) is 16.8. The number of aryl methyl sites for hydroxylation is 1. The lowest BCUT2D eigenvalue weighted by molar-refractivity contribution is -0.384. The van der Waals surface area contributed by atoms with Gasteiger partial charge >= 0.3 is 0 Å². The molecule has 4 aromatic rings. The lowest BCUT2D eigenvalue weighted by atomic mass is 9.97. The van der Waals surface area contributed by atoms with Crippen LogP contribution in [0.15, 0.2) is 66.7 Å². The molecule has 0 fully saturated rings. The summed E-state index contributed by atoms with van der Waals surface area (Å²) in [5.41, 5.74) is 5.90. The maximum absolute atomic E-state index is 11.2. The molecule has 0 saturated heterocycles. The minimum atomic E-state index is -0.364. The van der Waals surface area contributed by atoms with Crippen LogP contribution >= 0.6 is 0 Å². The first-order valence-corrected chi connectivity index (χ1v) is 8.58. The van der Waals surface area contributed by atoms with Crippen molar-refractivity contribution < 1.29 is 9.66 Å². The van der Waals surface area contributed by atoms with Crippen molar-refractivity contribution in [2.24, 2.45) is 0 Å². The van der Waals surface area contributed by atoms with Crippen LogP contribution in [0.3, 0.4) is 0 Å². The minimum Gasteiger partial charge on any atom is -0.497 e. The molecule has 4 rings (SSSR count). The first-order chi connectivity index (χ1) is 13.1. The largest absolute Gasteiger partial charge is 0.497 e. The predicted molar refractivity (Wildman–Crippen MR) is 107 cm³/mol. The molecule has 0 atom stereocenters. The lowest BCUT2D eigenvalue weighted by Crippen LogP contribution is -1.89. The molecule has 1 N–H and O–H groups in total. The zero-order valence-electron chi connectivity index (χ0n) is 15.0. The van der Waals surface area contributed by atoms with Crippen LogP contribution in [0.4, 0.5) is 5.69 Å². The van der Waals surface area contributed by atoms with Gasteiger partial charge in [0.25, 0.3) is 5.69 Å². The van der Waals surface area contributed by atoms with Gasteiger partial charge in [-0.1, -0.05) is 23.8 Å². The van der Waals surface area contributed by atoms with E-state index in [9.17, 15) is 10.1 Å². The fourth-order valence-corrected chi connectivity index (χ4v) is 3.35. The number of aromatic amines is 1. The molecule has 0 bridgehead atoms. The molecule has 0 unspecified atom stereocenters. The number of hydrogen-bond acceptors (Lipinski definition) is 3. The molecule has 0 aliphatic carbocycles. The third kappa shape index (κ3) is 3.04. The SMILES string of the molecule is COc1ccc(-c2[nH]c3ccc(C)cc3c2-c2cccc([N+](=O)[O-])c2)cc1. The van der Waals surface area contributed by atoms with Crippen LogP contribution in [0, 0.1) is 17.0 Å². The average Bonchev–Trinajstić information content (AvgIpc) is 3.06. The van der Waals surface area contributed by atoms with E-state index in [0.717, 1.165) is 44.6 Å². The second-order valence-electron chi connectivity index (χ2n) is 6.46. The molecule has 1 heterocycles. The third-order valence-electron chi connectivity index (χ3n) is 4.68. The van der Waals surface area contributed by atoms with Gasteiger partial charge in [0.05, 0.1) is 17.7 Å². The molecule has 134 valence electrons. The van der Waals surface area contributed by atoms with Crippen LogP contribution in [0.25, 0.3) is 33.3 Å². The monoisotopic (exact) mass is 358 g/mol. The Morgan fingerprint density at radius 2 is 1.74 bits per heavy atom. The number of hydrogen-bond donors (Lipinski definition) is 1. The van der Waals surface area contributed by atoms with Crippen molar-refractivity contribution in [3.8, 4) is 28.1 Å². The molecule has 0 saturated carbocycles. The van der Waals surface area contributed by atoms with Crippen molar-refractivity contribution >= 4 is 16.6 Å². The zero-order chi connectivity index (χ0) is 19.0. The smallest absolute Gasteiger partial charge is 0.270 e. The molecule has 1 aromatic heterocycles. The topological polar surface area (TPSA) is 68.2 Å². The van der Waals surface area contributed by atoms with E-state index in [2.05, 4.69) is 11.1 Å². The van der Waals surface area contributed by atoms with Gasteiger partial charge in [-0.3, -0.25) is 10.1 Å². The van der Waals surface area contributed by atoms with Crippen molar-refractivity contribution in [3.63, 3.8) is 0 Å². The summed E-state index contributed by atoms with van der Waals surface area (Å²) in [7, 11) is 1.63. The number of H-pyrrole nitrogens is 1. The van der Waals surface area contributed by atoms with Crippen molar-refractivity contribution in [3.05, 3.63) is 82.4 Å². The van der Waals surface area contributed by atoms with Gasteiger partial charge in [0.2, 0.25) is 0 Å². The Hall–Kier alpha value is -3.60. The van der Waals surface area contributed by atoms with Crippen molar-refractivity contribution in [1.82, 2.24) is 4.98 Å². The summed E-state index contributed by atoms with van der Waals surface area (Å²) < 4.78 is 5.25. The van der Waals surface area contributed by atoms with Crippen molar-refractivity contribution in [2.75, 3.05) is 7.11 Å². The predicted octanol–water partition coefficient (Wildman–Crippen LogP) is 5.73. The highest BCUT2D eigenvalue weighted by atomic mass is 16.6. The van der Waals surface area contributed by atoms with Crippen LogP contribution in [0.2, 0.25) is 0 Å². The van der Waals surface area contributed by atoms with Crippen LogP contribution in [-0.2, 0) is 0 Å². The standard InChI is InChI=1S/C22H18N2O3/c1-14-6-11-20-19(12-14)21(16-4-3-5-17(13-16)24(25)26)22(23-20)15-7-9-18(27-2)10-8-15/h3-13,23H,1-2H3. The molecule has 5 nitrogen and oxygen atoms in total. The van der Waals surface area contributed by atoms with Gasteiger partial charge in [0.1, 0.15) is 5.75 Å². The van der Waals surface area contributed by atoms with E-state index in [-0.39, 0.29) is 10.6 Å². The number of benzene rings is 3. The fourth-order valence-electron chi connectivity index (χ4n) is 3.35. The molecule has 3 aromatic carbocycles. The summed E-state index contributed by atoms with van der Waals surface area (Å²) >= 11 is 0. The van der Waals surface area contributed by atoms with Crippen LogP contribution in [-0.4, -0.2) is 17.0 Å². The van der Waals surface area contributed by atoms with E-state index in [1.54, 1.807) is 19.2 Å². The number of nitro benzene ring substituents is 1. The summed E-state index contributed by atoms with van der Waals surface area (Å²) in [6, 6.07) is 20.7. The van der Waals surface area contributed by atoms with Gasteiger partial charge in [-0.2, -0.15) is 0 Å². The van der Waals surface area contributed by atoms with E-state index in [0.29, 0.717) is 0 Å². The number of non-ortho nitro benzene ring substituents is 1. The van der Waals surface area contributed by atoms with E-state index >= 15 is 0 Å². The number of aromatic nitrogens is 1. The molecule has 0 radical (unpaired) electrons. The summed E-state index contributed by atoms with van der Waals surface area (Å²) in [4.78, 5) is 14.4. The highest BCUT2D eigenvalue weighted by Crippen LogP contribution is 2.40. The van der Waals surface area contributed by atoms with Crippen LogP contribution in [0.5, 0.6) is 5.75 Å². The fraction of sp³-hybridized carbons (Fsp3) is 0.0909. The van der Waals surface area contributed by atoms with Gasteiger partial charge in [-0.15, -0.1) is 0 Å². The quantitative estimate of drug-likeness (QED) is 0.374. The number of nitro groups is 1. The minimum absolute atomic E-state index is 0.0789. The van der Waals surface area contributed by atoms with Crippen molar-refractivity contribution in [1.29, 1.82) is 0 Å². The zero-order valence-corrected chi connectivity index (χ0v) is 15.0. The molecule has 0 amide bonds. The molecular weight excluding hydrogens is 340 g/mol. The van der Waals surface area contributed by atoms with Crippen LogP contribution in [0.1, 0.15) is 5.56 Å². The van der Waals surface area contributed by atoms with Gasteiger partial charge in [0.15, 0.2) is 0 Å². The summed E-state index contributed by atoms with van der Waals surface area (Å²) in [6.45, 7) is 2.04. The first-order valence-electron chi connectivity index (χ1n) is 8.58. The number of methoxy groups -OCH3 is 1. The van der Waals surface area contributed by atoms with Gasteiger partial charge in [-0.25, -0.2) is 0 Å². The van der Waals surface area contributed by atoms with Crippen LogP contribution < -0.4 is 4.74 Å². The molecule has 27 heavy (non-hydrogen) atoms. The summed E-state index contributed by atoms with van der Waals surface area (Å²) in [6.07, 6.45) is 0. The second-order valence-corrected chi connectivity index (χ2v) is 6.46. The van der Waals surface area contributed by atoms with Gasteiger partial charge in [-0.05, 0) is 54.4 Å². The molecule has 5 heteroatoms. The Kier molecular flexibility index (Phi) is 4.12. The summed E-state index contributed by atoms with van der Waals surface area (Å²) in [5.74, 6) is 0.780. The average molecular weight is 358 g/mol. The number of nitrogens with zero attached hydrogens (tertiary/aromatic N) is 1. The van der Waals surface area contributed by atoms with Gasteiger partial charge in [0, 0.05) is 28.6 Å². The number of ether oxygens (including phenoxy) is 1. The van der Waals surface area contributed by atoms with E-state index < -0.39 is 0 Å². The van der Waals surface area contributed by atoms with Gasteiger partial charge < -0.3 is 9.72 Å². The van der Waals surface area contributed by atoms with E-state index in [4.69, 9.17) is 4.74 Å². The Morgan fingerprint density at radius 3 is 2.44 bits per heavy atom. The molecule has 0 spiro atoms. The highest BCUT2D eigenvalue weighted by molar-refractivity contribution is 6.04. The highest BCUT2D eigenvalue weighted by Gasteiger charge is 2.17. The second kappa shape index (κ2) is 6.61. The Bertz CT molecular complexity index is 1140. The Morgan fingerprint density at radius 1 is 0.963 bits per heavy atom.